The van der Waals surface area contributed by atoms with Crippen LogP contribution in [0.3, 0.4) is 0 Å². The molecule has 0 bridgehead atoms. The first kappa shape index (κ1) is 36.8. The zero-order valence-electron chi connectivity index (χ0n) is 29.7. The molecule has 0 aromatic carbocycles. The van der Waals surface area contributed by atoms with Gasteiger partial charge in [-0.3, -0.25) is 19.2 Å². The monoisotopic (exact) mass is 699 g/mol. The minimum absolute atomic E-state index is 0.0155. The molecule has 3 N–H and O–H groups in total. The Balaban J connectivity index is 1.41. The van der Waals surface area contributed by atoms with E-state index in [2.05, 4.69) is 31.1 Å². The van der Waals surface area contributed by atoms with Crippen LogP contribution in [0.4, 0.5) is 4.79 Å². The molecule has 0 radical (unpaired) electrons. The van der Waals surface area contributed by atoms with E-state index in [1.807, 2.05) is 27.7 Å². The number of rotatable bonds is 13. The molecule has 0 unspecified atom stereocenters. The van der Waals surface area contributed by atoms with Crippen molar-refractivity contribution in [1.82, 2.24) is 30.8 Å². The number of ketones is 1. The van der Waals surface area contributed by atoms with Crippen LogP contribution in [-0.2, 0) is 28.8 Å². The first-order valence-electron chi connectivity index (χ1n) is 17.4. The van der Waals surface area contributed by atoms with Gasteiger partial charge in [-0.05, 0) is 50.4 Å². The maximum absolute atomic E-state index is 14.5. The number of nitrogens with one attached hydrogen (secondary N) is 3. The molecule has 274 valence electrons. The molecule has 1 aromatic heterocycles. The maximum atomic E-state index is 14.5. The largest absolute Gasteiger partial charge is 0.480 e. The van der Waals surface area contributed by atoms with Crippen molar-refractivity contribution in [2.45, 2.75) is 128 Å². The highest BCUT2D eigenvalue weighted by Crippen LogP contribution is 2.41. The number of carbonyl (C=O) groups is 5. The number of hydrogen-bond donors (Lipinski definition) is 3. The number of nitrogens with zero attached hydrogens (tertiary/aromatic N) is 4. The van der Waals surface area contributed by atoms with E-state index in [4.69, 9.17) is 19.0 Å². The summed E-state index contributed by atoms with van der Waals surface area (Å²) < 4.78 is 16.2. The van der Waals surface area contributed by atoms with Crippen LogP contribution in [-0.4, -0.2) is 107 Å². The molecule has 3 fully saturated rings. The summed E-state index contributed by atoms with van der Waals surface area (Å²) >= 11 is 0. The fourth-order valence-electron chi connectivity index (χ4n) is 6.67. The zero-order chi connectivity index (χ0) is 36.2. The summed E-state index contributed by atoms with van der Waals surface area (Å²) in [4.78, 5) is 83.4. The number of likely N-dealkylation sites (tertiary alicyclic amines) is 1. The van der Waals surface area contributed by atoms with E-state index in [1.54, 1.807) is 0 Å². The van der Waals surface area contributed by atoms with Crippen molar-refractivity contribution in [3.05, 3.63) is 11.8 Å². The highest BCUT2D eigenvalue weighted by atomic mass is 16.7. The van der Waals surface area contributed by atoms with Gasteiger partial charge in [0.2, 0.25) is 23.5 Å². The zero-order valence-corrected chi connectivity index (χ0v) is 29.7. The standard InChI is InChI=1S/C34H49N7O9/c1-7-10-22(25(42)28(44)36-19-13-14-19)37-27(43)24-16-34(15-23(40-50-34)21-17-35-31(48-6)39-29(21)47-5)18-41(24)30(45)26(33(2,3)4)38-32(46)49-20-11-8-9-12-20/h17,19-20,22,24,26H,7-16,18H2,1-6H3,(H,36,44)(H,37,43)(H,38,46)/t22-,24-,26+,34+/m0/s1. The van der Waals surface area contributed by atoms with Crippen LogP contribution < -0.4 is 25.4 Å². The highest BCUT2D eigenvalue weighted by molar-refractivity contribution is 6.38. The molecule has 1 spiro atoms. The summed E-state index contributed by atoms with van der Waals surface area (Å²) in [6, 6.07) is -3.21. The Morgan fingerprint density at radius 2 is 1.78 bits per heavy atom. The molecule has 16 heteroatoms. The number of hydrogen-bond acceptors (Lipinski definition) is 12. The normalized spacial score (nSPS) is 23.0. The Morgan fingerprint density at radius 1 is 1.06 bits per heavy atom. The Hall–Kier alpha value is -4.50. The molecule has 2 aliphatic heterocycles. The molecule has 16 nitrogen and oxygen atoms in total. The number of aromatic nitrogens is 2. The van der Waals surface area contributed by atoms with Crippen LogP contribution in [0.15, 0.2) is 11.4 Å². The first-order valence-corrected chi connectivity index (χ1v) is 17.4. The fourth-order valence-corrected chi connectivity index (χ4v) is 6.67. The third-order valence-corrected chi connectivity index (χ3v) is 9.54. The summed E-state index contributed by atoms with van der Waals surface area (Å²) in [5, 5.41) is 12.5. The van der Waals surface area contributed by atoms with Crippen LogP contribution in [0.25, 0.3) is 0 Å². The third-order valence-electron chi connectivity index (χ3n) is 9.54. The molecular weight excluding hydrogens is 650 g/mol. The number of oxime groups is 1. The lowest BCUT2D eigenvalue weighted by Gasteiger charge is -2.35. The molecule has 50 heavy (non-hydrogen) atoms. The van der Waals surface area contributed by atoms with E-state index in [0.29, 0.717) is 17.7 Å². The molecule has 2 aliphatic carbocycles. The first-order chi connectivity index (χ1) is 23.8. The van der Waals surface area contributed by atoms with Crippen LogP contribution in [0.2, 0.25) is 0 Å². The molecule has 5 rings (SSSR count). The summed E-state index contributed by atoms with van der Waals surface area (Å²) in [5.41, 5.74) is -1.02. The molecule has 1 saturated heterocycles. The van der Waals surface area contributed by atoms with Gasteiger partial charge in [-0.25, -0.2) is 9.78 Å². The molecule has 1 aromatic rings. The molecule has 4 amide bonds. The Labute approximate surface area is 291 Å². The molecule has 4 aliphatic rings. The Kier molecular flexibility index (Phi) is 11.2. The van der Waals surface area contributed by atoms with Crippen LogP contribution in [0, 0.1) is 5.41 Å². The predicted octanol–water partition coefficient (Wildman–Crippen LogP) is 2.17. The smallest absolute Gasteiger partial charge is 0.408 e. The number of amides is 4. The van der Waals surface area contributed by atoms with Gasteiger partial charge in [-0.2, -0.15) is 4.98 Å². The SMILES string of the molecule is CCC[C@H](NC(=O)[C@@H]1C[C@]2(CC(c3cnc(OC)nc3OC)=NO2)CN1C(=O)[C@@H](NC(=O)OC1CCCC1)C(C)(C)C)C(=O)C(=O)NC1CC1. The van der Waals surface area contributed by atoms with Gasteiger partial charge in [0.15, 0.2) is 5.60 Å². The van der Waals surface area contributed by atoms with E-state index >= 15 is 0 Å². The van der Waals surface area contributed by atoms with Crippen molar-refractivity contribution in [3.63, 3.8) is 0 Å². The minimum Gasteiger partial charge on any atom is -0.480 e. The average molecular weight is 700 g/mol. The Bertz CT molecular complexity index is 1500. The molecular formula is C34H49N7O9. The van der Waals surface area contributed by atoms with Gasteiger partial charge >= 0.3 is 12.1 Å². The van der Waals surface area contributed by atoms with Crippen molar-refractivity contribution < 1.29 is 43.0 Å². The van der Waals surface area contributed by atoms with E-state index in [0.717, 1.165) is 38.5 Å². The van der Waals surface area contributed by atoms with Crippen LogP contribution >= 0.6 is 0 Å². The second-order valence-corrected chi connectivity index (χ2v) is 14.7. The van der Waals surface area contributed by atoms with Gasteiger partial charge in [-0.1, -0.05) is 39.3 Å². The van der Waals surface area contributed by atoms with Crippen molar-refractivity contribution in [2.75, 3.05) is 20.8 Å². The van der Waals surface area contributed by atoms with Crippen molar-refractivity contribution >= 4 is 35.3 Å². The highest BCUT2D eigenvalue weighted by Gasteiger charge is 2.56. The van der Waals surface area contributed by atoms with Crippen molar-refractivity contribution in [1.29, 1.82) is 0 Å². The maximum Gasteiger partial charge on any atom is 0.408 e. The fraction of sp³-hybridized carbons (Fsp3) is 0.706. The lowest BCUT2D eigenvalue weighted by Crippen LogP contribution is -2.59. The van der Waals surface area contributed by atoms with Gasteiger partial charge in [0.05, 0.1) is 38.1 Å². The van der Waals surface area contributed by atoms with Gasteiger partial charge in [-0.15, -0.1) is 0 Å². The van der Waals surface area contributed by atoms with Gasteiger partial charge in [0, 0.05) is 25.1 Å². The topological polar surface area (TPSA) is 200 Å². The number of methoxy groups -OCH3 is 2. The second kappa shape index (κ2) is 15.2. The number of Topliss-reactive ketones (excluding diaryl/α,β-unsaturated/α-hetero) is 1. The van der Waals surface area contributed by atoms with Crippen LogP contribution in [0.5, 0.6) is 11.9 Å². The summed E-state index contributed by atoms with van der Waals surface area (Å²) in [7, 11) is 2.88. The van der Waals surface area contributed by atoms with Crippen LogP contribution in [0.1, 0.15) is 97.5 Å². The summed E-state index contributed by atoms with van der Waals surface area (Å²) in [5.74, 6) is -2.42. The van der Waals surface area contributed by atoms with Gasteiger partial charge in [0.1, 0.15) is 18.2 Å². The summed E-state index contributed by atoms with van der Waals surface area (Å²) in [6.07, 6.45) is 6.59. The van der Waals surface area contributed by atoms with E-state index < -0.39 is 58.7 Å². The molecule has 4 atom stereocenters. The second-order valence-electron chi connectivity index (χ2n) is 14.7. The van der Waals surface area contributed by atoms with Crippen molar-refractivity contribution in [2.24, 2.45) is 10.6 Å². The number of alkyl carbamates (subject to hydrolysis) is 1. The van der Waals surface area contributed by atoms with E-state index in [-0.39, 0.29) is 49.8 Å². The quantitative estimate of drug-likeness (QED) is 0.255. The predicted molar refractivity (Wildman–Crippen MR) is 178 cm³/mol. The molecule has 2 saturated carbocycles. The Morgan fingerprint density at radius 3 is 2.40 bits per heavy atom. The van der Waals surface area contributed by atoms with Gasteiger partial charge in [0.25, 0.3) is 5.91 Å². The van der Waals surface area contributed by atoms with E-state index in [9.17, 15) is 24.0 Å². The number of carbonyl (C=O) groups excluding carboxylic acids is 5. The minimum atomic E-state index is -1.14. The van der Waals surface area contributed by atoms with Gasteiger partial charge < -0.3 is 39.9 Å². The number of ether oxygens (including phenoxy) is 3. The lowest BCUT2D eigenvalue weighted by atomic mass is 9.85. The third kappa shape index (κ3) is 8.44. The van der Waals surface area contributed by atoms with E-state index in [1.165, 1.54) is 25.3 Å². The average Bonchev–Trinajstić information content (AvgIpc) is 3.43. The molecule has 3 heterocycles. The van der Waals surface area contributed by atoms with Crippen molar-refractivity contribution in [3.8, 4) is 11.9 Å². The lowest BCUT2D eigenvalue weighted by molar-refractivity contribution is -0.144. The summed E-state index contributed by atoms with van der Waals surface area (Å²) in [6.45, 7) is 7.22.